The molecule has 0 aliphatic carbocycles. The lowest BCUT2D eigenvalue weighted by Gasteiger charge is -2.36. The molecule has 1 aliphatic rings. The maximum Gasteiger partial charge on any atom is 0.253 e. The summed E-state index contributed by atoms with van der Waals surface area (Å²) >= 11 is 0. The zero-order valence-corrected chi connectivity index (χ0v) is 14.9. The van der Waals surface area contributed by atoms with Crippen LogP contribution in [0.4, 0.5) is 39.0 Å². The summed E-state index contributed by atoms with van der Waals surface area (Å²) in [6.07, 6.45) is 1.77. The van der Waals surface area contributed by atoms with Gasteiger partial charge in [0.1, 0.15) is 11.5 Å². The second kappa shape index (κ2) is 7.67. The average molecular weight is 386 g/mol. The van der Waals surface area contributed by atoms with Gasteiger partial charge in [0.15, 0.2) is 0 Å². The number of halogens is 5. The predicted octanol–water partition coefficient (Wildman–Crippen LogP) is 4.05. The van der Waals surface area contributed by atoms with Gasteiger partial charge in [-0.3, -0.25) is 0 Å². The molecule has 0 spiro atoms. The molecule has 0 unspecified atom stereocenters. The van der Waals surface area contributed by atoms with Crippen LogP contribution in [0.2, 0.25) is 0 Å². The third kappa shape index (κ3) is 3.97. The Balaban J connectivity index is 1.79. The third-order valence-corrected chi connectivity index (χ3v) is 4.75. The monoisotopic (exact) mass is 386 g/mol. The first-order chi connectivity index (χ1) is 12.8. The Morgan fingerprint density at radius 1 is 1.00 bits per heavy atom. The minimum atomic E-state index is -1.78. The largest absolute Gasteiger partial charge is 0.369 e. The highest BCUT2D eigenvalue weighted by Gasteiger charge is 2.24. The summed E-state index contributed by atoms with van der Waals surface area (Å²) in [5.41, 5.74) is -0.730. The molecule has 2 aromatic rings. The number of nitrogens with one attached hydrogen (secondary N) is 1. The van der Waals surface area contributed by atoms with Gasteiger partial charge in [-0.25, -0.2) is 4.39 Å². The molecule has 1 fully saturated rings. The molecule has 4 nitrogen and oxygen atoms in total. The SMILES string of the molecule is CN(C)C1CCN(c2ccc(Nc3c(F)c(F)nc(F)c3F)cc2F)CC1. The lowest BCUT2D eigenvalue weighted by molar-refractivity contribution is 0.249. The van der Waals surface area contributed by atoms with Gasteiger partial charge in [0.2, 0.25) is 11.6 Å². The summed E-state index contributed by atoms with van der Waals surface area (Å²) < 4.78 is 68.2. The minimum Gasteiger partial charge on any atom is -0.369 e. The molecule has 146 valence electrons. The molecule has 1 aromatic heterocycles. The Labute approximate surface area is 153 Å². The summed E-state index contributed by atoms with van der Waals surface area (Å²) in [5.74, 6) is -7.51. The van der Waals surface area contributed by atoms with Crippen molar-refractivity contribution in [3.8, 4) is 0 Å². The zero-order chi connectivity index (χ0) is 19.7. The number of nitrogens with zero attached hydrogens (tertiary/aromatic N) is 3. The Morgan fingerprint density at radius 2 is 1.59 bits per heavy atom. The fourth-order valence-electron chi connectivity index (χ4n) is 3.21. The molecule has 2 heterocycles. The molecule has 3 rings (SSSR count). The Hall–Kier alpha value is -2.42. The number of piperidine rings is 1. The number of hydrogen-bond acceptors (Lipinski definition) is 4. The first-order valence-electron chi connectivity index (χ1n) is 8.46. The van der Waals surface area contributed by atoms with Gasteiger partial charge in [-0.1, -0.05) is 0 Å². The number of rotatable bonds is 4. The van der Waals surface area contributed by atoms with E-state index in [4.69, 9.17) is 0 Å². The van der Waals surface area contributed by atoms with Crippen LogP contribution in [0.1, 0.15) is 12.8 Å². The highest BCUT2D eigenvalue weighted by Crippen LogP contribution is 2.30. The second-order valence-corrected chi connectivity index (χ2v) is 6.67. The van der Waals surface area contributed by atoms with Crippen molar-refractivity contribution in [1.82, 2.24) is 9.88 Å². The number of benzene rings is 1. The van der Waals surface area contributed by atoms with Crippen molar-refractivity contribution in [1.29, 1.82) is 0 Å². The van der Waals surface area contributed by atoms with Gasteiger partial charge in [-0.05, 0) is 45.1 Å². The fourth-order valence-corrected chi connectivity index (χ4v) is 3.21. The van der Waals surface area contributed by atoms with E-state index in [2.05, 4.69) is 15.2 Å². The van der Waals surface area contributed by atoms with Gasteiger partial charge in [-0.2, -0.15) is 22.5 Å². The molecular weight excluding hydrogens is 367 g/mol. The first kappa shape index (κ1) is 19.3. The van der Waals surface area contributed by atoms with E-state index in [0.29, 0.717) is 24.8 Å². The summed E-state index contributed by atoms with van der Waals surface area (Å²) in [7, 11) is 4.01. The average Bonchev–Trinajstić information content (AvgIpc) is 2.64. The molecule has 9 heteroatoms. The fraction of sp³-hybridized carbons (Fsp3) is 0.389. The van der Waals surface area contributed by atoms with Gasteiger partial charge >= 0.3 is 0 Å². The summed E-state index contributed by atoms with van der Waals surface area (Å²) in [4.78, 5) is 6.51. The van der Waals surface area contributed by atoms with Crippen molar-refractivity contribution in [2.24, 2.45) is 0 Å². The maximum atomic E-state index is 14.5. The van der Waals surface area contributed by atoms with Crippen molar-refractivity contribution in [2.45, 2.75) is 18.9 Å². The molecule has 0 amide bonds. The molecule has 0 atom stereocenters. The smallest absolute Gasteiger partial charge is 0.253 e. The molecule has 27 heavy (non-hydrogen) atoms. The first-order valence-corrected chi connectivity index (χ1v) is 8.46. The third-order valence-electron chi connectivity index (χ3n) is 4.75. The van der Waals surface area contributed by atoms with E-state index in [1.807, 2.05) is 19.0 Å². The number of aromatic nitrogens is 1. The van der Waals surface area contributed by atoms with E-state index in [0.717, 1.165) is 18.9 Å². The second-order valence-electron chi connectivity index (χ2n) is 6.67. The van der Waals surface area contributed by atoms with Crippen molar-refractivity contribution < 1.29 is 22.0 Å². The highest BCUT2D eigenvalue weighted by atomic mass is 19.2. The topological polar surface area (TPSA) is 31.4 Å². The van der Waals surface area contributed by atoms with Crippen LogP contribution in [0.25, 0.3) is 0 Å². The van der Waals surface area contributed by atoms with Crippen molar-refractivity contribution in [3.05, 3.63) is 47.5 Å². The van der Waals surface area contributed by atoms with Crippen LogP contribution in [-0.2, 0) is 0 Å². The van der Waals surface area contributed by atoms with Crippen LogP contribution < -0.4 is 10.2 Å². The molecule has 0 bridgehead atoms. The van der Waals surface area contributed by atoms with E-state index in [1.54, 1.807) is 0 Å². The molecule has 1 N–H and O–H groups in total. The van der Waals surface area contributed by atoms with Gasteiger partial charge in [0.25, 0.3) is 11.9 Å². The number of anilines is 3. The van der Waals surface area contributed by atoms with E-state index >= 15 is 0 Å². The predicted molar refractivity (Wildman–Crippen MR) is 92.7 cm³/mol. The van der Waals surface area contributed by atoms with E-state index in [-0.39, 0.29) is 5.69 Å². The lowest BCUT2D eigenvalue weighted by atomic mass is 10.0. The quantitative estimate of drug-likeness (QED) is 0.635. The Kier molecular flexibility index (Phi) is 5.50. The summed E-state index contributed by atoms with van der Waals surface area (Å²) in [6, 6.07) is 4.33. The summed E-state index contributed by atoms with van der Waals surface area (Å²) in [5, 5.41) is 2.18. The Morgan fingerprint density at radius 3 is 2.11 bits per heavy atom. The van der Waals surface area contributed by atoms with E-state index < -0.39 is 35.0 Å². The van der Waals surface area contributed by atoms with Crippen LogP contribution in [0.3, 0.4) is 0 Å². The normalized spacial score (nSPS) is 15.5. The van der Waals surface area contributed by atoms with Crippen molar-refractivity contribution in [2.75, 3.05) is 37.4 Å². The van der Waals surface area contributed by atoms with Crippen LogP contribution in [0.15, 0.2) is 18.2 Å². The maximum absolute atomic E-state index is 14.5. The van der Waals surface area contributed by atoms with Crippen LogP contribution >= 0.6 is 0 Å². The van der Waals surface area contributed by atoms with Gasteiger partial charge < -0.3 is 15.1 Å². The molecule has 0 saturated carbocycles. The molecule has 1 aromatic carbocycles. The van der Waals surface area contributed by atoms with Crippen molar-refractivity contribution >= 4 is 17.1 Å². The summed E-state index contributed by atoms with van der Waals surface area (Å²) in [6.45, 7) is 1.35. The lowest BCUT2D eigenvalue weighted by Crippen LogP contribution is -2.42. The molecule has 1 aliphatic heterocycles. The zero-order valence-electron chi connectivity index (χ0n) is 14.9. The van der Waals surface area contributed by atoms with Gasteiger partial charge in [0, 0.05) is 24.8 Å². The number of pyridine rings is 1. The van der Waals surface area contributed by atoms with Gasteiger partial charge in [0.05, 0.1) is 5.69 Å². The minimum absolute atomic E-state index is 0.0396. The van der Waals surface area contributed by atoms with Crippen LogP contribution in [0, 0.1) is 29.3 Å². The van der Waals surface area contributed by atoms with E-state index in [1.165, 1.54) is 12.1 Å². The standard InChI is InChI=1S/C18H19F5N4/c1-26(2)11-5-7-27(8-6-11)13-4-3-10(9-12(13)19)24-16-14(20)17(22)25-18(23)15(16)21/h3-4,9,11H,5-8H2,1-2H3,(H,24,25). The Bertz CT molecular complexity index is 809. The molecule has 1 saturated heterocycles. The highest BCUT2D eigenvalue weighted by molar-refractivity contribution is 5.64. The molecular formula is C18H19F5N4. The van der Waals surface area contributed by atoms with Crippen LogP contribution in [-0.4, -0.2) is 43.1 Å². The van der Waals surface area contributed by atoms with Crippen molar-refractivity contribution in [3.63, 3.8) is 0 Å². The molecule has 0 radical (unpaired) electrons. The van der Waals surface area contributed by atoms with Gasteiger partial charge in [-0.15, -0.1) is 0 Å². The number of hydrogen-bond donors (Lipinski definition) is 1. The van der Waals surface area contributed by atoms with E-state index in [9.17, 15) is 22.0 Å². The van der Waals surface area contributed by atoms with Crippen LogP contribution in [0.5, 0.6) is 0 Å².